The number of benzene rings is 2. The molecule has 0 unspecified atom stereocenters. The van der Waals surface area contributed by atoms with Crippen molar-refractivity contribution in [1.29, 1.82) is 0 Å². The lowest BCUT2D eigenvalue weighted by Gasteiger charge is -2.28. The molecule has 0 saturated heterocycles. The number of hydrogen-bond acceptors (Lipinski definition) is 5. The minimum Gasteiger partial charge on any atom is -0.362 e. The highest BCUT2D eigenvalue weighted by Crippen LogP contribution is 2.36. The molecule has 1 heterocycles. The summed E-state index contributed by atoms with van der Waals surface area (Å²) < 4.78 is 0. The van der Waals surface area contributed by atoms with Crippen molar-refractivity contribution in [2.24, 2.45) is 0 Å². The summed E-state index contributed by atoms with van der Waals surface area (Å²) in [6.07, 6.45) is 5.90. The fourth-order valence-electron chi connectivity index (χ4n) is 4.84. The molecule has 7 nitrogen and oxygen atoms in total. The Morgan fingerprint density at radius 2 is 1.58 bits per heavy atom. The van der Waals surface area contributed by atoms with Crippen LogP contribution in [-0.2, 0) is 16.1 Å². The second kappa shape index (κ2) is 9.98. The Balaban J connectivity index is 1.77. The van der Waals surface area contributed by atoms with E-state index >= 15 is 0 Å². The summed E-state index contributed by atoms with van der Waals surface area (Å²) in [5.41, 5.74) is 2.27. The smallest absolute Gasteiger partial charge is 0.278 e. The number of nitrogens with zero attached hydrogens (tertiary/aromatic N) is 3. The van der Waals surface area contributed by atoms with Crippen molar-refractivity contribution < 1.29 is 14.5 Å². The number of likely N-dealkylation sites (N-methyl/N-ethyl adjacent to an activating group) is 1. The molecule has 33 heavy (non-hydrogen) atoms. The van der Waals surface area contributed by atoms with Crippen molar-refractivity contribution in [2.45, 2.75) is 58.0 Å². The molecule has 1 fully saturated rings. The zero-order chi connectivity index (χ0) is 23.4. The van der Waals surface area contributed by atoms with Crippen LogP contribution in [-0.4, -0.2) is 39.1 Å². The Morgan fingerprint density at radius 1 is 0.939 bits per heavy atom. The van der Waals surface area contributed by atoms with Crippen LogP contribution in [0.15, 0.2) is 60.3 Å². The average Bonchev–Trinajstić information content (AvgIpc) is 2.98. The van der Waals surface area contributed by atoms with E-state index in [4.69, 9.17) is 0 Å². The summed E-state index contributed by atoms with van der Waals surface area (Å²) >= 11 is 0. The molecule has 0 N–H and O–H groups in total. The van der Waals surface area contributed by atoms with Gasteiger partial charge in [0.2, 0.25) is 0 Å². The highest BCUT2D eigenvalue weighted by molar-refractivity contribution is 6.35. The molecule has 7 heteroatoms. The van der Waals surface area contributed by atoms with Crippen LogP contribution in [0.25, 0.3) is 5.57 Å². The Kier molecular flexibility index (Phi) is 6.87. The van der Waals surface area contributed by atoms with Gasteiger partial charge < -0.3 is 4.90 Å². The van der Waals surface area contributed by atoms with E-state index in [-0.39, 0.29) is 23.5 Å². The molecule has 0 atom stereocenters. The van der Waals surface area contributed by atoms with E-state index in [0.29, 0.717) is 29.9 Å². The van der Waals surface area contributed by atoms with Crippen molar-refractivity contribution >= 4 is 23.1 Å². The van der Waals surface area contributed by atoms with Crippen molar-refractivity contribution in [3.8, 4) is 0 Å². The van der Waals surface area contributed by atoms with Crippen molar-refractivity contribution in [2.75, 3.05) is 6.54 Å². The fourth-order valence-corrected chi connectivity index (χ4v) is 4.84. The van der Waals surface area contributed by atoms with Gasteiger partial charge in [-0.25, -0.2) is 0 Å². The van der Waals surface area contributed by atoms with Gasteiger partial charge in [-0.2, -0.15) is 0 Å². The van der Waals surface area contributed by atoms with E-state index < -0.39 is 4.92 Å². The Bertz CT molecular complexity index is 1050. The van der Waals surface area contributed by atoms with Crippen LogP contribution in [0.2, 0.25) is 0 Å². The first-order chi connectivity index (χ1) is 16.0. The van der Waals surface area contributed by atoms with Gasteiger partial charge in [0.1, 0.15) is 5.70 Å². The van der Waals surface area contributed by atoms with Crippen molar-refractivity contribution in [1.82, 2.24) is 9.80 Å². The lowest BCUT2D eigenvalue weighted by Crippen LogP contribution is -2.42. The molecule has 0 aromatic heterocycles. The van der Waals surface area contributed by atoms with Gasteiger partial charge in [0, 0.05) is 31.3 Å². The number of carbonyl (C=O) groups is 2. The summed E-state index contributed by atoms with van der Waals surface area (Å²) in [4.78, 5) is 41.6. The topological polar surface area (TPSA) is 83.8 Å². The van der Waals surface area contributed by atoms with Gasteiger partial charge in [-0.15, -0.1) is 0 Å². The number of nitro benzene ring substituents is 1. The third-order valence-electron chi connectivity index (χ3n) is 6.56. The second-order valence-electron chi connectivity index (χ2n) is 8.65. The van der Waals surface area contributed by atoms with E-state index in [9.17, 15) is 19.7 Å². The molecule has 172 valence electrons. The molecule has 0 spiro atoms. The summed E-state index contributed by atoms with van der Waals surface area (Å²) in [5, 5.41) is 11.1. The van der Waals surface area contributed by atoms with Crippen LogP contribution < -0.4 is 0 Å². The van der Waals surface area contributed by atoms with Gasteiger partial charge in [0.25, 0.3) is 17.5 Å². The van der Waals surface area contributed by atoms with Gasteiger partial charge in [-0.3, -0.25) is 24.6 Å². The second-order valence-corrected chi connectivity index (χ2v) is 8.65. The predicted octanol–water partition coefficient (Wildman–Crippen LogP) is 4.92. The maximum Gasteiger partial charge on any atom is 0.278 e. The standard InChI is InChI=1S/C26H29N3O4/c1-2-27(18-19-10-6-5-7-11-19)24-23(20-14-16-22(17-15-20)29(32)33)25(30)28(26(24)31)21-12-8-3-4-9-13-21/h5-7,10-11,14-17,21H,2-4,8-9,12-13,18H2,1H3. The predicted molar refractivity (Wildman–Crippen MR) is 126 cm³/mol. The minimum atomic E-state index is -0.466. The third-order valence-corrected chi connectivity index (χ3v) is 6.56. The number of imide groups is 1. The number of carbonyl (C=O) groups excluding carboxylic acids is 2. The molecular weight excluding hydrogens is 418 g/mol. The van der Waals surface area contributed by atoms with Crippen molar-refractivity contribution in [3.63, 3.8) is 0 Å². The van der Waals surface area contributed by atoms with Gasteiger partial charge in [-0.05, 0) is 43.0 Å². The lowest BCUT2D eigenvalue weighted by molar-refractivity contribution is -0.384. The van der Waals surface area contributed by atoms with Gasteiger partial charge >= 0.3 is 0 Å². The van der Waals surface area contributed by atoms with Gasteiger partial charge in [0.15, 0.2) is 0 Å². The Morgan fingerprint density at radius 3 is 2.15 bits per heavy atom. The summed E-state index contributed by atoms with van der Waals surface area (Å²) in [5.74, 6) is -0.541. The SMILES string of the molecule is CCN(Cc1ccccc1)C1=C(c2ccc([N+](=O)[O-])cc2)C(=O)N(C2CCCCCC2)C1=O. The van der Waals surface area contributed by atoms with E-state index in [1.165, 1.54) is 17.0 Å². The molecule has 1 aliphatic carbocycles. The van der Waals surface area contributed by atoms with Crippen LogP contribution in [0.4, 0.5) is 5.69 Å². The molecule has 0 radical (unpaired) electrons. The van der Waals surface area contributed by atoms with Crippen molar-refractivity contribution in [3.05, 3.63) is 81.5 Å². The lowest BCUT2D eigenvalue weighted by atomic mass is 10.0. The van der Waals surface area contributed by atoms with Gasteiger partial charge in [0.05, 0.1) is 10.5 Å². The van der Waals surface area contributed by atoms with E-state index in [0.717, 1.165) is 44.1 Å². The summed E-state index contributed by atoms with van der Waals surface area (Å²) in [6, 6.07) is 15.7. The summed E-state index contributed by atoms with van der Waals surface area (Å²) in [7, 11) is 0. The molecule has 2 aromatic carbocycles. The quantitative estimate of drug-likeness (QED) is 0.260. The Hall–Kier alpha value is -3.48. The zero-order valence-corrected chi connectivity index (χ0v) is 18.9. The highest BCUT2D eigenvalue weighted by atomic mass is 16.6. The first-order valence-electron chi connectivity index (χ1n) is 11.7. The first-order valence-corrected chi connectivity index (χ1v) is 11.7. The molecule has 1 aliphatic heterocycles. The van der Waals surface area contributed by atoms with Crippen LogP contribution in [0.3, 0.4) is 0 Å². The molecule has 2 aliphatic rings. The third kappa shape index (κ3) is 4.67. The maximum atomic E-state index is 13.8. The van der Waals surface area contributed by atoms with Crippen LogP contribution in [0.5, 0.6) is 0 Å². The number of amides is 2. The van der Waals surface area contributed by atoms with E-state index in [1.54, 1.807) is 12.1 Å². The van der Waals surface area contributed by atoms with Crippen LogP contribution in [0.1, 0.15) is 56.6 Å². The normalized spacial score (nSPS) is 17.4. The zero-order valence-electron chi connectivity index (χ0n) is 18.9. The first kappa shape index (κ1) is 22.7. The number of nitro groups is 1. The molecule has 4 rings (SSSR count). The van der Waals surface area contributed by atoms with Crippen LogP contribution in [0, 0.1) is 10.1 Å². The average molecular weight is 448 g/mol. The number of rotatable bonds is 7. The number of hydrogen-bond donors (Lipinski definition) is 0. The molecule has 1 saturated carbocycles. The highest BCUT2D eigenvalue weighted by Gasteiger charge is 2.44. The largest absolute Gasteiger partial charge is 0.362 e. The van der Waals surface area contributed by atoms with Gasteiger partial charge in [-0.1, -0.05) is 56.0 Å². The Labute approximate surface area is 193 Å². The minimum absolute atomic E-state index is 0.0464. The molecule has 2 aromatic rings. The molecule has 2 amide bonds. The summed E-state index contributed by atoms with van der Waals surface area (Å²) in [6.45, 7) is 3.02. The maximum absolute atomic E-state index is 13.8. The fraction of sp³-hybridized carbons (Fsp3) is 0.385. The monoisotopic (exact) mass is 447 g/mol. The van der Waals surface area contributed by atoms with E-state index in [1.807, 2.05) is 42.2 Å². The number of non-ortho nitro benzene ring substituents is 1. The van der Waals surface area contributed by atoms with E-state index in [2.05, 4.69) is 0 Å². The van der Waals surface area contributed by atoms with Crippen LogP contribution >= 0.6 is 0 Å². The molecular formula is C26H29N3O4. The molecule has 0 bridgehead atoms.